The number of likely N-dealkylation sites (tertiary alicyclic amines) is 1. The number of ether oxygens (including phenoxy) is 1. The van der Waals surface area contributed by atoms with Crippen LogP contribution in [0.25, 0.3) is 0 Å². The number of rotatable bonds is 5. The molecule has 0 aliphatic carbocycles. The van der Waals surface area contributed by atoms with Gasteiger partial charge in [-0.05, 0) is 49.6 Å². The van der Waals surface area contributed by atoms with Crippen LogP contribution in [0.2, 0.25) is 0 Å². The number of hydrogen-bond donors (Lipinski definition) is 1. The van der Waals surface area contributed by atoms with Crippen LogP contribution in [0.15, 0.2) is 30.3 Å². The van der Waals surface area contributed by atoms with E-state index in [1.807, 2.05) is 51.1 Å². The zero-order valence-corrected chi connectivity index (χ0v) is 15.6. The molecule has 0 radical (unpaired) electrons. The summed E-state index contributed by atoms with van der Waals surface area (Å²) >= 11 is 0. The van der Waals surface area contributed by atoms with Crippen molar-refractivity contribution < 1.29 is 9.53 Å². The molecule has 8 heteroatoms. The first-order valence-electron chi connectivity index (χ1n) is 8.96. The van der Waals surface area contributed by atoms with Gasteiger partial charge in [0.15, 0.2) is 0 Å². The van der Waals surface area contributed by atoms with Crippen LogP contribution in [0.5, 0.6) is 0 Å². The zero-order valence-electron chi connectivity index (χ0n) is 15.6. The number of aromatic nitrogens is 4. The van der Waals surface area contributed by atoms with E-state index in [2.05, 4.69) is 20.8 Å². The number of nitrogens with zero attached hydrogens (tertiary/aromatic N) is 5. The van der Waals surface area contributed by atoms with Crippen molar-refractivity contribution >= 4 is 12.0 Å². The van der Waals surface area contributed by atoms with E-state index >= 15 is 0 Å². The predicted molar refractivity (Wildman–Crippen MR) is 97.5 cm³/mol. The maximum absolute atomic E-state index is 12.4. The van der Waals surface area contributed by atoms with Gasteiger partial charge >= 0.3 is 6.09 Å². The summed E-state index contributed by atoms with van der Waals surface area (Å²) in [5.41, 5.74) is 0.653. The molecule has 26 heavy (non-hydrogen) atoms. The molecular weight excluding hydrogens is 332 g/mol. The molecule has 1 amide bonds. The van der Waals surface area contributed by atoms with Crippen LogP contribution in [0.4, 0.5) is 10.7 Å². The average Bonchev–Trinajstić information content (AvgIpc) is 3.22. The first-order chi connectivity index (χ1) is 12.4. The molecule has 0 bridgehead atoms. The van der Waals surface area contributed by atoms with Crippen molar-refractivity contribution in [3.05, 3.63) is 35.9 Å². The third kappa shape index (κ3) is 4.71. The highest BCUT2D eigenvalue weighted by Crippen LogP contribution is 2.22. The second-order valence-corrected chi connectivity index (χ2v) is 7.49. The molecule has 140 valence electrons. The summed E-state index contributed by atoms with van der Waals surface area (Å²) in [6.45, 7) is 7.52. The van der Waals surface area contributed by atoms with Gasteiger partial charge in [0, 0.05) is 13.1 Å². The number of tetrazole rings is 1. The fourth-order valence-corrected chi connectivity index (χ4v) is 3.02. The molecule has 8 nitrogen and oxygen atoms in total. The number of hydrogen-bond acceptors (Lipinski definition) is 6. The van der Waals surface area contributed by atoms with E-state index in [0.29, 0.717) is 25.6 Å². The van der Waals surface area contributed by atoms with Crippen molar-refractivity contribution in [1.29, 1.82) is 0 Å². The molecule has 1 aliphatic rings. The SMILES string of the molecule is CC(C)(C)OC(=O)N1CCC[C@@H]1Cn1nnnc1NCc1ccccc1. The van der Waals surface area contributed by atoms with E-state index in [0.717, 1.165) is 18.4 Å². The Hall–Kier alpha value is -2.64. The summed E-state index contributed by atoms with van der Waals surface area (Å²) in [4.78, 5) is 14.2. The van der Waals surface area contributed by atoms with E-state index in [1.165, 1.54) is 0 Å². The highest BCUT2D eigenvalue weighted by atomic mass is 16.6. The fourth-order valence-electron chi connectivity index (χ4n) is 3.02. The predicted octanol–water partition coefficient (Wildman–Crippen LogP) is 2.68. The molecule has 0 unspecified atom stereocenters. The lowest BCUT2D eigenvalue weighted by Gasteiger charge is -2.28. The van der Waals surface area contributed by atoms with E-state index in [4.69, 9.17) is 4.74 Å². The summed E-state index contributed by atoms with van der Waals surface area (Å²) in [5, 5.41) is 15.2. The molecule has 1 saturated heterocycles. The third-order valence-corrected chi connectivity index (χ3v) is 4.21. The van der Waals surface area contributed by atoms with Gasteiger partial charge in [0.2, 0.25) is 5.95 Å². The highest BCUT2D eigenvalue weighted by Gasteiger charge is 2.33. The normalized spacial score (nSPS) is 17.3. The Morgan fingerprint density at radius 3 is 2.81 bits per heavy atom. The van der Waals surface area contributed by atoms with Gasteiger partial charge in [-0.25, -0.2) is 9.48 Å². The lowest BCUT2D eigenvalue weighted by atomic mass is 10.2. The smallest absolute Gasteiger partial charge is 0.410 e. The van der Waals surface area contributed by atoms with Crippen molar-refractivity contribution in [1.82, 2.24) is 25.1 Å². The number of anilines is 1. The van der Waals surface area contributed by atoms with Gasteiger partial charge < -0.3 is 15.0 Å². The summed E-state index contributed by atoms with van der Waals surface area (Å²) < 4.78 is 7.24. The lowest BCUT2D eigenvalue weighted by molar-refractivity contribution is 0.0211. The summed E-state index contributed by atoms with van der Waals surface area (Å²) in [6.07, 6.45) is 1.60. The highest BCUT2D eigenvalue weighted by molar-refractivity contribution is 5.68. The van der Waals surface area contributed by atoms with Crippen LogP contribution in [0, 0.1) is 0 Å². The number of carbonyl (C=O) groups is 1. The van der Waals surface area contributed by atoms with Gasteiger partial charge in [-0.15, -0.1) is 0 Å². The summed E-state index contributed by atoms with van der Waals surface area (Å²) in [5.74, 6) is 0.602. The quantitative estimate of drug-likeness (QED) is 0.884. The molecule has 3 rings (SSSR count). The molecule has 1 fully saturated rings. The molecule has 0 spiro atoms. The Bertz CT molecular complexity index is 725. The molecule has 2 heterocycles. The van der Waals surface area contributed by atoms with Crippen LogP contribution in [-0.4, -0.2) is 49.4 Å². The van der Waals surface area contributed by atoms with Gasteiger partial charge in [-0.1, -0.05) is 35.4 Å². The van der Waals surface area contributed by atoms with Gasteiger partial charge in [0.1, 0.15) is 5.60 Å². The van der Waals surface area contributed by atoms with Crippen molar-refractivity contribution in [2.45, 2.75) is 58.3 Å². The average molecular weight is 358 g/mol. The van der Waals surface area contributed by atoms with E-state index in [9.17, 15) is 4.79 Å². The standard InChI is InChI=1S/C18H26N6O2/c1-18(2,3)26-17(25)23-11-7-10-15(23)13-24-16(20-21-22-24)19-12-14-8-5-4-6-9-14/h4-6,8-9,15H,7,10-13H2,1-3H3,(H,19,20,22)/t15-/m1/s1. The Kier molecular flexibility index (Phi) is 5.39. The van der Waals surface area contributed by atoms with Gasteiger partial charge in [-0.3, -0.25) is 0 Å². The van der Waals surface area contributed by atoms with Crippen molar-refractivity contribution in [2.75, 3.05) is 11.9 Å². The van der Waals surface area contributed by atoms with Crippen LogP contribution in [-0.2, 0) is 17.8 Å². The summed E-state index contributed by atoms with van der Waals surface area (Å²) in [6, 6.07) is 10.1. The Balaban J connectivity index is 1.62. The van der Waals surface area contributed by atoms with Crippen LogP contribution in [0.1, 0.15) is 39.2 Å². The molecular formula is C18H26N6O2. The van der Waals surface area contributed by atoms with Crippen LogP contribution >= 0.6 is 0 Å². The molecule has 1 aromatic carbocycles. The lowest BCUT2D eigenvalue weighted by Crippen LogP contribution is -2.41. The zero-order chi connectivity index (χ0) is 18.6. The monoisotopic (exact) mass is 358 g/mol. The Morgan fingerprint density at radius 2 is 2.08 bits per heavy atom. The minimum atomic E-state index is -0.499. The maximum atomic E-state index is 12.4. The first kappa shape index (κ1) is 18.2. The Labute approximate surface area is 153 Å². The second kappa shape index (κ2) is 7.72. The van der Waals surface area contributed by atoms with Gasteiger partial charge in [-0.2, -0.15) is 0 Å². The minimum absolute atomic E-state index is 0.0330. The summed E-state index contributed by atoms with van der Waals surface area (Å²) in [7, 11) is 0. The molecule has 1 aliphatic heterocycles. The van der Waals surface area contributed by atoms with Crippen molar-refractivity contribution in [2.24, 2.45) is 0 Å². The van der Waals surface area contributed by atoms with Gasteiger partial charge in [0.05, 0.1) is 12.6 Å². The second-order valence-electron chi connectivity index (χ2n) is 7.49. The molecule has 1 atom stereocenters. The number of nitrogens with one attached hydrogen (secondary N) is 1. The van der Waals surface area contributed by atoms with Crippen LogP contribution in [0.3, 0.4) is 0 Å². The largest absolute Gasteiger partial charge is 0.444 e. The maximum Gasteiger partial charge on any atom is 0.410 e. The number of carbonyl (C=O) groups excluding carboxylic acids is 1. The third-order valence-electron chi connectivity index (χ3n) is 4.21. The Morgan fingerprint density at radius 1 is 1.31 bits per heavy atom. The van der Waals surface area contributed by atoms with Crippen LogP contribution < -0.4 is 5.32 Å². The van der Waals surface area contributed by atoms with E-state index < -0.39 is 5.60 Å². The van der Waals surface area contributed by atoms with Gasteiger partial charge in [0.25, 0.3) is 0 Å². The number of amides is 1. The molecule has 0 saturated carbocycles. The molecule has 2 aromatic rings. The van der Waals surface area contributed by atoms with Crippen molar-refractivity contribution in [3.63, 3.8) is 0 Å². The minimum Gasteiger partial charge on any atom is -0.444 e. The van der Waals surface area contributed by atoms with E-state index in [1.54, 1.807) is 9.58 Å². The van der Waals surface area contributed by atoms with Crippen molar-refractivity contribution in [3.8, 4) is 0 Å². The van der Waals surface area contributed by atoms with E-state index in [-0.39, 0.29) is 12.1 Å². The topological polar surface area (TPSA) is 85.2 Å². The molecule has 1 aromatic heterocycles. The fraction of sp³-hybridized carbons (Fsp3) is 0.556. The number of benzene rings is 1. The molecule has 1 N–H and O–H groups in total. The first-order valence-corrected chi connectivity index (χ1v) is 8.96.